The summed E-state index contributed by atoms with van der Waals surface area (Å²) in [6.07, 6.45) is 1.40. The van der Waals surface area contributed by atoms with E-state index in [1.54, 1.807) is 30.3 Å². The normalized spacial score (nSPS) is 10.7. The number of carbonyl (C=O) groups excluding carboxylic acids is 1. The molecular formula is C16H16BrN3O2. The van der Waals surface area contributed by atoms with Crippen LogP contribution in [0.4, 0.5) is 5.69 Å². The van der Waals surface area contributed by atoms with E-state index in [0.717, 1.165) is 10.2 Å². The SMILES string of the molecule is CN(C)c1ccc(C(=O)N/N=C/c2ccc(Br)cc2O)cc1. The van der Waals surface area contributed by atoms with Gasteiger partial charge in [0.25, 0.3) is 5.91 Å². The highest BCUT2D eigenvalue weighted by Gasteiger charge is 2.05. The van der Waals surface area contributed by atoms with E-state index in [0.29, 0.717) is 11.1 Å². The lowest BCUT2D eigenvalue weighted by Gasteiger charge is -2.12. The number of rotatable bonds is 4. The van der Waals surface area contributed by atoms with Gasteiger partial charge in [-0.1, -0.05) is 15.9 Å². The van der Waals surface area contributed by atoms with Crippen LogP contribution in [-0.4, -0.2) is 31.3 Å². The summed E-state index contributed by atoms with van der Waals surface area (Å²) < 4.78 is 0.771. The minimum absolute atomic E-state index is 0.0858. The highest BCUT2D eigenvalue weighted by molar-refractivity contribution is 9.10. The van der Waals surface area contributed by atoms with Gasteiger partial charge in [0, 0.05) is 35.4 Å². The van der Waals surface area contributed by atoms with Crippen molar-refractivity contribution in [1.82, 2.24) is 5.43 Å². The number of phenols is 1. The van der Waals surface area contributed by atoms with Crippen LogP contribution in [0.3, 0.4) is 0 Å². The van der Waals surface area contributed by atoms with Crippen LogP contribution in [0.25, 0.3) is 0 Å². The van der Waals surface area contributed by atoms with Gasteiger partial charge in [0.2, 0.25) is 0 Å². The quantitative estimate of drug-likeness (QED) is 0.649. The summed E-state index contributed by atoms with van der Waals surface area (Å²) in [7, 11) is 3.87. The molecule has 0 radical (unpaired) electrons. The van der Waals surface area contributed by atoms with Gasteiger partial charge < -0.3 is 10.0 Å². The molecule has 0 saturated carbocycles. The lowest BCUT2D eigenvalue weighted by molar-refractivity contribution is 0.0955. The molecule has 2 N–H and O–H groups in total. The van der Waals surface area contributed by atoms with Crippen LogP contribution in [0, 0.1) is 0 Å². The predicted octanol–water partition coefficient (Wildman–Crippen LogP) is 2.98. The van der Waals surface area contributed by atoms with Crippen molar-refractivity contribution in [2.45, 2.75) is 0 Å². The molecule has 0 heterocycles. The van der Waals surface area contributed by atoms with Gasteiger partial charge in [0.15, 0.2) is 0 Å². The van der Waals surface area contributed by atoms with Gasteiger partial charge >= 0.3 is 0 Å². The number of hydrazone groups is 1. The van der Waals surface area contributed by atoms with E-state index >= 15 is 0 Å². The first-order valence-corrected chi connectivity index (χ1v) is 7.36. The zero-order chi connectivity index (χ0) is 16.1. The zero-order valence-electron chi connectivity index (χ0n) is 12.2. The maximum atomic E-state index is 11.9. The molecule has 2 aromatic rings. The number of aromatic hydroxyl groups is 1. The van der Waals surface area contributed by atoms with Crippen LogP contribution in [0.2, 0.25) is 0 Å². The third kappa shape index (κ3) is 4.08. The fourth-order valence-electron chi connectivity index (χ4n) is 1.76. The fourth-order valence-corrected chi connectivity index (χ4v) is 2.11. The summed E-state index contributed by atoms with van der Waals surface area (Å²) in [5.74, 6) is -0.221. The molecule has 2 rings (SSSR count). The highest BCUT2D eigenvalue weighted by Crippen LogP contribution is 2.20. The van der Waals surface area contributed by atoms with Crippen LogP contribution in [-0.2, 0) is 0 Å². The van der Waals surface area contributed by atoms with E-state index in [1.807, 2.05) is 31.1 Å². The number of anilines is 1. The Morgan fingerprint density at radius 2 is 1.91 bits per heavy atom. The third-order valence-electron chi connectivity index (χ3n) is 3.01. The number of halogens is 1. The van der Waals surface area contributed by atoms with E-state index in [1.165, 1.54) is 6.21 Å². The average Bonchev–Trinajstić information content (AvgIpc) is 2.49. The molecule has 1 amide bonds. The topological polar surface area (TPSA) is 64.9 Å². The number of carbonyl (C=O) groups is 1. The monoisotopic (exact) mass is 361 g/mol. The number of nitrogens with one attached hydrogen (secondary N) is 1. The van der Waals surface area contributed by atoms with Gasteiger partial charge in [-0.15, -0.1) is 0 Å². The minimum Gasteiger partial charge on any atom is -0.507 e. The summed E-state index contributed by atoms with van der Waals surface area (Å²) in [5.41, 5.74) is 4.48. The molecule has 0 atom stereocenters. The summed E-state index contributed by atoms with van der Waals surface area (Å²) in [4.78, 5) is 13.9. The Morgan fingerprint density at radius 3 is 2.50 bits per heavy atom. The molecule has 0 saturated heterocycles. The zero-order valence-corrected chi connectivity index (χ0v) is 13.8. The van der Waals surface area contributed by atoms with E-state index in [-0.39, 0.29) is 11.7 Å². The van der Waals surface area contributed by atoms with Gasteiger partial charge in [-0.25, -0.2) is 5.43 Å². The Hall–Kier alpha value is -2.34. The number of benzene rings is 2. The van der Waals surface area contributed by atoms with Crippen molar-refractivity contribution in [2.24, 2.45) is 5.10 Å². The first kappa shape index (κ1) is 16.0. The molecule has 5 nitrogen and oxygen atoms in total. The molecule has 6 heteroatoms. The van der Waals surface area contributed by atoms with E-state index < -0.39 is 0 Å². The second-order valence-corrected chi connectivity index (χ2v) is 5.76. The van der Waals surface area contributed by atoms with Crippen LogP contribution in [0.1, 0.15) is 15.9 Å². The molecule has 22 heavy (non-hydrogen) atoms. The molecule has 0 aliphatic carbocycles. The number of hydrogen-bond acceptors (Lipinski definition) is 4. The number of phenolic OH excluding ortho intramolecular Hbond substituents is 1. The number of amides is 1. The maximum Gasteiger partial charge on any atom is 0.271 e. The van der Waals surface area contributed by atoms with Crippen molar-refractivity contribution >= 4 is 33.7 Å². The minimum atomic E-state index is -0.307. The molecule has 114 valence electrons. The van der Waals surface area contributed by atoms with Crippen molar-refractivity contribution in [3.63, 3.8) is 0 Å². The number of nitrogens with zero attached hydrogens (tertiary/aromatic N) is 2. The fraction of sp³-hybridized carbons (Fsp3) is 0.125. The first-order valence-electron chi connectivity index (χ1n) is 6.56. The van der Waals surface area contributed by atoms with Crippen molar-refractivity contribution in [3.05, 3.63) is 58.1 Å². The van der Waals surface area contributed by atoms with Crippen molar-refractivity contribution in [2.75, 3.05) is 19.0 Å². The predicted molar refractivity (Wildman–Crippen MR) is 91.6 cm³/mol. The molecular weight excluding hydrogens is 346 g/mol. The molecule has 0 bridgehead atoms. The number of hydrogen-bond donors (Lipinski definition) is 2. The highest BCUT2D eigenvalue weighted by atomic mass is 79.9. The van der Waals surface area contributed by atoms with Gasteiger partial charge in [0.1, 0.15) is 5.75 Å². The third-order valence-corrected chi connectivity index (χ3v) is 3.50. The summed E-state index contributed by atoms with van der Waals surface area (Å²) >= 11 is 3.26. The van der Waals surface area contributed by atoms with Crippen LogP contribution in [0.15, 0.2) is 52.0 Å². The smallest absolute Gasteiger partial charge is 0.271 e. The Morgan fingerprint density at radius 1 is 1.23 bits per heavy atom. The van der Waals surface area contributed by atoms with Crippen molar-refractivity contribution < 1.29 is 9.90 Å². The van der Waals surface area contributed by atoms with Gasteiger partial charge in [0.05, 0.1) is 6.21 Å². The van der Waals surface area contributed by atoms with Gasteiger partial charge in [-0.2, -0.15) is 5.10 Å². The molecule has 0 spiro atoms. The van der Waals surface area contributed by atoms with Crippen LogP contribution >= 0.6 is 15.9 Å². The van der Waals surface area contributed by atoms with E-state index in [4.69, 9.17) is 0 Å². The molecule has 0 fully saturated rings. The second kappa shape index (κ2) is 7.09. The summed E-state index contributed by atoms with van der Waals surface area (Å²) in [6, 6.07) is 12.2. The average molecular weight is 362 g/mol. The Balaban J connectivity index is 2.01. The van der Waals surface area contributed by atoms with E-state index in [2.05, 4.69) is 26.5 Å². The molecule has 2 aromatic carbocycles. The Kier molecular flexibility index (Phi) is 5.16. The van der Waals surface area contributed by atoms with E-state index in [9.17, 15) is 9.90 Å². The first-order chi connectivity index (χ1) is 10.5. The lowest BCUT2D eigenvalue weighted by atomic mass is 10.2. The Labute approximate surface area is 137 Å². The summed E-state index contributed by atoms with van der Waals surface area (Å²) in [6.45, 7) is 0. The van der Waals surface area contributed by atoms with Crippen LogP contribution < -0.4 is 10.3 Å². The largest absolute Gasteiger partial charge is 0.507 e. The molecule has 0 aliphatic heterocycles. The van der Waals surface area contributed by atoms with Gasteiger partial charge in [-0.3, -0.25) is 4.79 Å². The molecule has 0 aromatic heterocycles. The maximum absolute atomic E-state index is 11.9. The molecule has 0 unspecified atom stereocenters. The van der Waals surface area contributed by atoms with Crippen molar-refractivity contribution in [3.8, 4) is 5.75 Å². The van der Waals surface area contributed by atoms with Crippen molar-refractivity contribution in [1.29, 1.82) is 0 Å². The standard InChI is InChI=1S/C16H16BrN3O2/c1-20(2)14-7-4-11(5-8-14)16(22)19-18-10-12-3-6-13(17)9-15(12)21/h3-10,21H,1-2H3,(H,19,22)/b18-10+. The second-order valence-electron chi connectivity index (χ2n) is 4.84. The van der Waals surface area contributed by atoms with Gasteiger partial charge in [-0.05, 0) is 42.5 Å². The Bertz CT molecular complexity index is 697. The molecule has 0 aliphatic rings. The lowest BCUT2D eigenvalue weighted by Crippen LogP contribution is -2.18. The summed E-state index contributed by atoms with van der Waals surface area (Å²) in [5, 5.41) is 13.6. The van der Waals surface area contributed by atoms with Crippen LogP contribution in [0.5, 0.6) is 5.75 Å².